The minimum absolute atomic E-state index is 0.0756. The standard InChI is InChI=1S/C21H38N6O6/c1-3-12(2)17(24)19(30)25-13(7-4-5-9-22)20(31)27-10-6-8-15(27)18(29)26-14(21(32)33)11-16(23)28/h12-15,17H,3-11,22,24H2,1-2H3,(H2,23,28)(H,25,30)(H,26,29)(H,32,33). The number of nitrogens with one attached hydrogen (secondary N) is 2. The molecule has 4 amide bonds. The predicted octanol–water partition coefficient (Wildman–Crippen LogP) is -1.59. The molecule has 0 bridgehead atoms. The van der Waals surface area contributed by atoms with E-state index in [0.717, 1.165) is 0 Å². The van der Waals surface area contributed by atoms with Crippen LogP contribution in [0.2, 0.25) is 0 Å². The third-order valence-electron chi connectivity index (χ3n) is 5.98. The lowest BCUT2D eigenvalue weighted by Crippen LogP contribution is -2.57. The van der Waals surface area contributed by atoms with Gasteiger partial charge in [-0.1, -0.05) is 20.3 Å². The first kappa shape index (κ1) is 28.3. The largest absolute Gasteiger partial charge is 0.480 e. The van der Waals surface area contributed by atoms with Crippen LogP contribution in [0.1, 0.15) is 58.8 Å². The zero-order valence-electron chi connectivity index (χ0n) is 19.4. The fourth-order valence-corrected chi connectivity index (χ4v) is 3.70. The number of nitrogens with two attached hydrogens (primary N) is 3. The van der Waals surface area contributed by atoms with Gasteiger partial charge in [0.15, 0.2) is 0 Å². The predicted molar refractivity (Wildman–Crippen MR) is 120 cm³/mol. The summed E-state index contributed by atoms with van der Waals surface area (Å²) in [5.74, 6) is -3.91. The lowest BCUT2D eigenvalue weighted by molar-refractivity contribution is -0.146. The summed E-state index contributed by atoms with van der Waals surface area (Å²) in [6, 6.07) is -4.05. The summed E-state index contributed by atoms with van der Waals surface area (Å²) in [7, 11) is 0. The summed E-state index contributed by atoms with van der Waals surface area (Å²) in [6.45, 7) is 4.48. The topological polar surface area (TPSA) is 211 Å². The van der Waals surface area contributed by atoms with Gasteiger partial charge in [0.2, 0.25) is 23.6 Å². The molecule has 188 valence electrons. The first-order valence-electron chi connectivity index (χ1n) is 11.4. The number of unbranched alkanes of at least 4 members (excludes halogenated alkanes) is 1. The summed E-state index contributed by atoms with van der Waals surface area (Å²) >= 11 is 0. The lowest BCUT2D eigenvalue weighted by atomic mass is 9.98. The molecule has 1 aliphatic heterocycles. The van der Waals surface area contributed by atoms with Crippen molar-refractivity contribution < 1.29 is 29.1 Å². The SMILES string of the molecule is CCC(C)C(N)C(=O)NC(CCCCN)C(=O)N1CCCC1C(=O)NC(CC(N)=O)C(=O)O. The van der Waals surface area contributed by atoms with Crippen molar-refractivity contribution in [3.8, 4) is 0 Å². The van der Waals surface area contributed by atoms with Crippen LogP contribution in [0, 0.1) is 5.92 Å². The molecule has 0 aliphatic carbocycles. The van der Waals surface area contributed by atoms with Gasteiger partial charge in [0, 0.05) is 6.54 Å². The summed E-state index contributed by atoms with van der Waals surface area (Å²) < 4.78 is 0. The van der Waals surface area contributed by atoms with Crippen molar-refractivity contribution in [2.45, 2.75) is 83.0 Å². The first-order valence-corrected chi connectivity index (χ1v) is 11.4. The maximum absolute atomic E-state index is 13.3. The van der Waals surface area contributed by atoms with Gasteiger partial charge in [-0.05, 0) is 44.6 Å². The Balaban J connectivity index is 2.97. The van der Waals surface area contributed by atoms with E-state index in [0.29, 0.717) is 45.1 Å². The van der Waals surface area contributed by atoms with Crippen LogP contribution in [0.25, 0.3) is 0 Å². The fourth-order valence-electron chi connectivity index (χ4n) is 3.70. The van der Waals surface area contributed by atoms with Crippen LogP contribution >= 0.6 is 0 Å². The van der Waals surface area contributed by atoms with Gasteiger partial charge in [-0.15, -0.1) is 0 Å². The van der Waals surface area contributed by atoms with Crippen molar-refractivity contribution in [2.75, 3.05) is 13.1 Å². The van der Waals surface area contributed by atoms with Crippen molar-refractivity contribution in [3.05, 3.63) is 0 Å². The molecule has 0 aromatic heterocycles. The molecule has 0 saturated carbocycles. The van der Waals surface area contributed by atoms with Crippen LogP contribution in [0.15, 0.2) is 0 Å². The molecular weight excluding hydrogens is 432 g/mol. The van der Waals surface area contributed by atoms with E-state index in [-0.39, 0.29) is 12.5 Å². The van der Waals surface area contributed by atoms with E-state index in [9.17, 15) is 29.1 Å². The molecule has 1 heterocycles. The van der Waals surface area contributed by atoms with Gasteiger partial charge in [0.05, 0.1) is 12.5 Å². The zero-order chi connectivity index (χ0) is 25.1. The lowest BCUT2D eigenvalue weighted by Gasteiger charge is -2.30. The molecule has 9 N–H and O–H groups in total. The molecular formula is C21H38N6O6. The first-order chi connectivity index (χ1) is 15.5. The summed E-state index contributed by atoms with van der Waals surface area (Å²) in [5, 5.41) is 14.3. The van der Waals surface area contributed by atoms with Crippen LogP contribution in [0.4, 0.5) is 0 Å². The van der Waals surface area contributed by atoms with E-state index in [1.54, 1.807) is 0 Å². The van der Waals surface area contributed by atoms with Crippen LogP contribution in [-0.4, -0.2) is 76.9 Å². The number of carbonyl (C=O) groups excluding carboxylic acids is 4. The Bertz CT molecular complexity index is 717. The fraction of sp³-hybridized carbons (Fsp3) is 0.762. The second-order valence-electron chi connectivity index (χ2n) is 8.52. The van der Waals surface area contributed by atoms with E-state index >= 15 is 0 Å². The normalized spacial score (nSPS) is 19.3. The number of carbonyl (C=O) groups is 5. The highest BCUT2D eigenvalue weighted by Crippen LogP contribution is 2.20. The number of nitrogens with zero attached hydrogens (tertiary/aromatic N) is 1. The van der Waals surface area contributed by atoms with Crippen LogP contribution in [0.3, 0.4) is 0 Å². The molecule has 0 aromatic carbocycles. The summed E-state index contributed by atoms with van der Waals surface area (Å²) in [4.78, 5) is 62.5. The number of primary amides is 1. The molecule has 12 nitrogen and oxygen atoms in total. The Morgan fingerprint density at radius 2 is 1.79 bits per heavy atom. The molecule has 1 saturated heterocycles. The highest BCUT2D eigenvalue weighted by molar-refractivity contribution is 5.95. The Morgan fingerprint density at radius 3 is 2.33 bits per heavy atom. The van der Waals surface area contributed by atoms with E-state index in [4.69, 9.17) is 17.2 Å². The third-order valence-corrected chi connectivity index (χ3v) is 5.98. The molecule has 1 rings (SSSR count). The van der Waals surface area contributed by atoms with Gasteiger partial charge in [0.25, 0.3) is 0 Å². The monoisotopic (exact) mass is 470 g/mol. The van der Waals surface area contributed by atoms with Gasteiger partial charge < -0.3 is 37.8 Å². The number of amides is 4. The number of hydrogen-bond donors (Lipinski definition) is 6. The highest BCUT2D eigenvalue weighted by Gasteiger charge is 2.39. The summed E-state index contributed by atoms with van der Waals surface area (Å²) in [5.41, 5.74) is 16.6. The maximum Gasteiger partial charge on any atom is 0.326 e. The van der Waals surface area contributed by atoms with Gasteiger partial charge in [-0.3, -0.25) is 19.2 Å². The van der Waals surface area contributed by atoms with Crippen molar-refractivity contribution in [1.82, 2.24) is 15.5 Å². The van der Waals surface area contributed by atoms with Gasteiger partial charge >= 0.3 is 5.97 Å². The number of aliphatic carboxylic acids is 1. The maximum atomic E-state index is 13.3. The Morgan fingerprint density at radius 1 is 1.12 bits per heavy atom. The average molecular weight is 471 g/mol. The van der Waals surface area contributed by atoms with Gasteiger partial charge in [-0.2, -0.15) is 0 Å². The number of rotatable bonds is 14. The number of carboxylic acid groups (broad SMARTS) is 1. The summed E-state index contributed by atoms with van der Waals surface area (Å²) in [6.07, 6.45) is 2.59. The van der Waals surface area contributed by atoms with E-state index in [1.165, 1.54) is 4.90 Å². The molecule has 5 unspecified atom stereocenters. The van der Waals surface area contributed by atoms with Crippen molar-refractivity contribution in [1.29, 1.82) is 0 Å². The average Bonchev–Trinajstić information content (AvgIpc) is 3.26. The van der Waals surface area contributed by atoms with Gasteiger partial charge in [-0.25, -0.2) is 4.79 Å². The highest BCUT2D eigenvalue weighted by atomic mass is 16.4. The van der Waals surface area contributed by atoms with E-state index in [2.05, 4.69) is 10.6 Å². The smallest absolute Gasteiger partial charge is 0.326 e. The second-order valence-corrected chi connectivity index (χ2v) is 8.52. The Kier molecular flexibility index (Phi) is 11.8. The third kappa shape index (κ3) is 8.61. The van der Waals surface area contributed by atoms with E-state index in [1.807, 2.05) is 13.8 Å². The Hall–Kier alpha value is -2.73. The minimum atomic E-state index is -1.49. The van der Waals surface area contributed by atoms with Crippen molar-refractivity contribution in [2.24, 2.45) is 23.1 Å². The van der Waals surface area contributed by atoms with E-state index < -0.39 is 60.2 Å². The molecule has 33 heavy (non-hydrogen) atoms. The number of hydrogen-bond acceptors (Lipinski definition) is 7. The van der Waals surface area contributed by atoms with Crippen molar-refractivity contribution in [3.63, 3.8) is 0 Å². The molecule has 1 aliphatic rings. The molecule has 5 atom stereocenters. The molecule has 0 radical (unpaired) electrons. The second kappa shape index (κ2) is 13.7. The number of carboxylic acids is 1. The zero-order valence-corrected chi connectivity index (χ0v) is 19.4. The van der Waals surface area contributed by atoms with Crippen LogP contribution < -0.4 is 27.8 Å². The Labute approximate surface area is 194 Å². The molecule has 0 aromatic rings. The number of likely N-dealkylation sites (tertiary alicyclic amines) is 1. The van der Waals surface area contributed by atoms with Crippen LogP contribution in [0.5, 0.6) is 0 Å². The molecule has 12 heteroatoms. The quantitative estimate of drug-likeness (QED) is 0.162. The van der Waals surface area contributed by atoms with Crippen LogP contribution in [-0.2, 0) is 24.0 Å². The molecule has 0 spiro atoms. The van der Waals surface area contributed by atoms with Gasteiger partial charge in [0.1, 0.15) is 18.1 Å². The minimum Gasteiger partial charge on any atom is -0.480 e. The van der Waals surface area contributed by atoms with Crippen molar-refractivity contribution >= 4 is 29.6 Å². The molecule has 1 fully saturated rings.